The number of hydrogen-bond donors (Lipinski definition) is 1. The van der Waals surface area contributed by atoms with Crippen LogP contribution in [0.1, 0.15) is 36.4 Å². The first-order valence-corrected chi connectivity index (χ1v) is 6.17. The van der Waals surface area contributed by atoms with Crippen molar-refractivity contribution in [3.8, 4) is 0 Å². The normalized spacial score (nSPS) is 12.7. The van der Waals surface area contributed by atoms with E-state index in [1.165, 1.54) is 12.7 Å². The molecule has 1 atom stereocenters. The summed E-state index contributed by atoms with van der Waals surface area (Å²) in [5.41, 5.74) is 0.231. The summed E-state index contributed by atoms with van der Waals surface area (Å²) in [6, 6.07) is 1.59. The van der Waals surface area contributed by atoms with Gasteiger partial charge in [-0.1, -0.05) is 20.3 Å². The predicted molar refractivity (Wildman–Crippen MR) is 61.3 cm³/mol. The van der Waals surface area contributed by atoms with Gasteiger partial charge < -0.3 is 9.52 Å². The van der Waals surface area contributed by atoms with E-state index < -0.39 is 5.97 Å². The fraction of sp³-hybridized carbons (Fsp3) is 0.545. The highest BCUT2D eigenvalue weighted by atomic mass is 32.2. The molecular weight excluding hydrogens is 212 g/mol. The number of carbonyl (C=O) groups is 1. The van der Waals surface area contributed by atoms with Gasteiger partial charge in [-0.15, -0.1) is 0 Å². The number of carboxylic acid groups (broad SMARTS) is 1. The minimum atomic E-state index is -0.933. The molecule has 0 fully saturated rings. The van der Waals surface area contributed by atoms with Gasteiger partial charge in [-0.3, -0.25) is 0 Å². The van der Waals surface area contributed by atoms with Crippen LogP contribution in [-0.2, 0) is 5.75 Å². The maximum Gasteiger partial charge on any atom is 0.338 e. The van der Waals surface area contributed by atoms with Gasteiger partial charge in [-0.25, -0.2) is 4.79 Å². The van der Waals surface area contributed by atoms with E-state index in [1.807, 2.05) is 0 Å². The summed E-state index contributed by atoms with van der Waals surface area (Å²) < 4.78 is 5.14. The van der Waals surface area contributed by atoms with Crippen molar-refractivity contribution in [3.05, 3.63) is 23.7 Å². The molecule has 1 rings (SSSR count). The molecule has 1 unspecified atom stereocenters. The maximum atomic E-state index is 10.6. The Balaban J connectivity index is 2.35. The number of carboxylic acids is 1. The van der Waals surface area contributed by atoms with Crippen LogP contribution in [0.5, 0.6) is 0 Å². The summed E-state index contributed by atoms with van der Waals surface area (Å²) in [4.78, 5) is 10.6. The Morgan fingerprint density at radius 2 is 2.40 bits per heavy atom. The molecule has 0 amide bonds. The first-order valence-electron chi connectivity index (χ1n) is 5.02. The van der Waals surface area contributed by atoms with Crippen LogP contribution in [-0.4, -0.2) is 16.8 Å². The Bertz CT molecular complexity index is 319. The van der Waals surface area contributed by atoms with Gasteiger partial charge in [0, 0.05) is 0 Å². The van der Waals surface area contributed by atoms with Crippen LogP contribution in [0.2, 0.25) is 0 Å². The fourth-order valence-electron chi connectivity index (χ4n) is 1.05. The molecule has 1 N–H and O–H groups in total. The highest BCUT2D eigenvalue weighted by Crippen LogP contribution is 2.18. The Kier molecular flexibility index (Phi) is 4.75. The Morgan fingerprint density at radius 3 is 2.93 bits per heavy atom. The average Bonchev–Trinajstić information content (AvgIpc) is 2.66. The largest absolute Gasteiger partial charge is 0.478 e. The highest BCUT2D eigenvalue weighted by Gasteiger charge is 2.08. The van der Waals surface area contributed by atoms with Gasteiger partial charge in [0.15, 0.2) is 0 Å². The zero-order chi connectivity index (χ0) is 11.3. The quantitative estimate of drug-likeness (QED) is 0.812. The lowest BCUT2D eigenvalue weighted by Crippen LogP contribution is -1.95. The highest BCUT2D eigenvalue weighted by molar-refractivity contribution is 7.98. The lowest BCUT2D eigenvalue weighted by atomic mass is 10.2. The molecule has 0 bridgehead atoms. The minimum Gasteiger partial charge on any atom is -0.478 e. The predicted octanol–water partition coefficient (Wildman–Crippen LogP) is 3.26. The number of thioether (sulfide) groups is 1. The molecule has 1 heterocycles. The molecule has 3 nitrogen and oxygen atoms in total. The third-order valence-corrected chi connectivity index (χ3v) is 3.54. The lowest BCUT2D eigenvalue weighted by Gasteiger charge is -2.05. The van der Waals surface area contributed by atoms with E-state index in [0.717, 1.165) is 17.3 Å². The molecule has 15 heavy (non-hydrogen) atoms. The molecule has 4 heteroatoms. The summed E-state index contributed by atoms with van der Waals surface area (Å²) in [7, 11) is 0. The third-order valence-electron chi connectivity index (χ3n) is 2.24. The van der Waals surface area contributed by atoms with Crippen molar-refractivity contribution in [2.24, 2.45) is 5.92 Å². The van der Waals surface area contributed by atoms with Crippen LogP contribution in [0.3, 0.4) is 0 Å². The van der Waals surface area contributed by atoms with Gasteiger partial charge in [0.2, 0.25) is 0 Å². The molecule has 0 radical (unpaired) electrons. The molecule has 0 aromatic carbocycles. The standard InChI is InChI=1S/C11H16O3S/c1-3-8(2)6-15-7-10-4-9(5-14-10)11(12)13/h4-5,8H,3,6-7H2,1-2H3,(H,12,13). The number of furan rings is 1. The average molecular weight is 228 g/mol. The van der Waals surface area contributed by atoms with Crippen LogP contribution in [0, 0.1) is 5.92 Å². The van der Waals surface area contributed by atoms with Crippen LogP contribution >= 0.6 is 11.8 Å². The molecule has 1 aromatic heterocycles. The Labute approximate surface area is 93.9 Å². The van der Waals surface area contributed by atoms with Gasteiger partial charge in [-0.2, -0.15) is 11.8 Å². The second kappa shape index (κ2) is 5.85. The van der Waals surface area contributed by atoms with E-state index in [1.54, 1.807) is 17.8 Å². The first-order chi connectivity index (χ1) is 7.13. The van der Waals surface area contributed by atoms with E-state index in [-0.39, 0.29) is 5.56 Å². The van der Waals surface area contributed by atoms with Gasteiger partial charge in [0.1, 0.15) is 12.0 Å². The van der Waals surface area contributed by atoms with E-state index in [2.05, 4.69) is 13.8 Å². The third kappa shape index (κ3) is 4.00. The Morgan fingerprint density at radius 1 is 1.67 bits per heavy atom. The molecule has 84 valence electrons. The molecule has 0 aliphatic rings. The van der Waals surface area contributed by atoms with Crippen LogP contribution in [0.25, 0.3) is 0 Å². The van der Waals surface area contributed by atoms with Gasteiger partial charge >= 0.3 is 5.97 Å². The van der Waals surface area contributed by atoms with Crippen molar-refractivity contribution in [2.75, 3.05) is 5.75 Å². The van der Waals surface area contributed by atoms with E-state index >= 15 is 0 Å². The Hall–Kier alpha value is -0.900. The molecule has 1 aromatic rings. The fourth-order valence-corrected chi connectivity index (χ4v) is 2.16. The van der Waals surface area contributed by atoms with Crippen LogP contribution < -0.4 is 0 Å². The lowest BCUT2D eigenvalue weighted by molar-refractivity contribution is 0.0696. The summed E-state index contributed by atoms with van der Waals surface area (Å²) >= 11 is 1.78. The summed E-state index contributed by atoms with van der Waals surface area (Å²) in [6.07, 6.45) is 2.47. The van der Waals surface area contributed by atoms with E-state index in [4.69, 9.17) is 9.52 Å². The summed E-state index contributed by atoms with van der Waals surface area (Å²) in [5, 5.41) is 8.68. The second-order valence-corrected chi connectivity index (χ2v) is 4.67. The molecule has 0 aliphatic carbocycles. The number of rotatable bonds is 6. The van der Waals surface area contributed by atoms with Crippen molar-refractivity contribution in [1.82, 2.24) is 0 Å². The first kappa shape index (κ1) is 12.2. The van der Waals surface area contributed by atoms with Gasteiger partial charge in [-0.05, 0) is 17.7 Å². The van der Waals surface area contributed by atoms with Gasteiger partial charge in [0.25, 0.3) is 0 Å². The number of aromatic carboxylic acids is 1. The van der Waals surface area contributed by atoms with Gasteiger partial charge in [0.05, 0.1) is 11.3 Å². The summed E-state index contributed by atoms with van der Waals surface area (Å²) in [5.74, 6) is 2.33. The van der Waals surface area contributed by atoms with Crippen molar-refractivity contribution < 1.29 is 14.3 Å². The topological polar surface area (TPSA) is 50.4 Å². The smallest absolute Gasteiger partial charge is 0.338 e. The second-order valence-electron chi connectivity index (χ2n) is 3.64. The van der Waals surface area contributed by atoms with Crippen molar-refractivity contribution in [2.45, 2.75) is 26.0 Å². The summed E-state index contributed by atoms with van der Waals surface area (Å²) in [6.45, 7) is 4.37. The number of hydrogen-bond acceptors (Lipinski definition) is 3. The van der Waals surface area contributed by atoms with E-state index in [9.17, 15) is 4.79 Å². The molecule has 0 saturated carbocycles. The van der Waals surface area contributed by atoms with E-state index in [0.29, 0.717) is 5.92 Å². The molecular formula is C11H16O3S. The molecule has 0 saturated heterocycles. The SMILES string of the molecule is CCC(C)CSCc1cc(C(=O)O)co1. The van der Waals surface area contributed by atoms with Crippen molar-refractivity contribution in [1.29, 1.82) is 0 Å². The van der Waals surface area contributed by atoms with Crippen molar-refractivity contribution in [3.63, 3.8) is 0 Å². The monoisotopic (exact) mass is 228 g/mol. The van der Waals surface area contributed by atoms with Crippen LogP contribution in [0.4, 0.5) is 0 Å². The zero-order valence-electron chi connectivity index (χ0n) is 9.03. The minimum absolute atomic E-state index is 0.231. The molecule has 0 aliphatic heterocycles. The maximum absolute atomic E-state index is 10.6. The van der Waals surface area contributed by atoms with Crippen LogP contribution in [0.15, 0.2) is 16.7 Å². The molecule has 0 spiro atoms. The van der Waals surface area contributed by atoms with Crippen molar-refractivity contribution >= 4 is 17.7 Å². The zero-order valence-corrected chi connectivity index (χ0v) is 9.84.